The largest absolute Gasteiger partial charge is 0.458 e. The predicted molar refractivity (Wildman–Crippen MR) is 92.0 cm³/mol. The van der Waals surface area contributed by atoms with E-state index in [0.29, 0.717) is 12.3 Å². The topological polar surface area (TPSA) is 26.3 Å². The second kappa shape index (κ2) is 5.88. The van der Waals surface area contributed by atoms with Gasteiger partial charge in [0, 0.05) is 0 Å². The summed E-state index contributed by atoms with van der Waals surface area (Å²) in [4.78, 5) is 13.1. The van der Waals surface area contributed by atoms with E-state index in [4.69, 9.17) is 4.74 Å². The molecule has 25 heavy (non-hydrogen) atoms. The van der Waals surface area contributed by atoms with Crippen LogP contribution in [0.4, 0.5) is 13.2 Å². The lowest BCUT2D eigenvalue weighted by Gasteiger charge is -2.48. The normalized spacial score (nSPS) is 32.6. The quantitative estimate of drug-likeness (QED) is 0.564. The van der Waals surface area contributed by atoms with Gasteiger partial charge in [-0.25, -0.2) is 0 Å². The van der Waals surface area contributed by atoms with Crippen LogP contribution in [0.3, 0.4) is 0 Å². The van der Waals surface area contributed by atoms with Crippen molar-refractivity contribution in [1.82, 2.24) is 0 Å². The minimum absolute atomic E-state index is 0.196. The molecule has 146 valence electrons. The minimum Gasteiger partial charge on any atom is -0.458 e. The first-order valence-electron chi connectivity index (χ1n) is 9.32. The second-order valence-electron chi connectivity index (χ2n) is 10.7. The van der Waals surface area contributed by atoms with Gasteiger partial charge in [0.25, 0.3) is 0 Å². The standard InChI is InChI=1S/C20H33F3O2/c1-16(2,3)12-19(17(4,5)6,20(21,22)23)15(24)25-18(7)11-13-8-9-14(18)10-13/h13-14H,8-12H2,1-7H3. The first-order valence-corrected chi connectivity index (χ1v) is 9.32. The Hall–Kier alpha value is -0.740. The van der Waals surface area contributed by atoms with Gasteiger partial charge in [0.15, 0.2) is 5.41 Å². The van der Waals surface area contributed by atoms with E-state index >= 15 is 0 Å². The lowest BCUT2D eigenvalue weighted by atomic mass is 9.59. The lowest BCUT2D eigenvalue weighted by molar-refractivity contribution is -0.275. The van der Waals surface area contributed by atoms with Gasteiger partial charge in [0.2, 0.25) is 0 Å². The Morgan fingerprint density at radius 2 is 1.64 bits per heavy atom. The van der Waals surface area contributed by atoms with Gasteiger partial charge >= 0.3 is 12.1 Å². The van der Waals surface area contributed by atoms with Crippen molar-refractivity contribution in [1.29, 1.82) is 0 Å². The molecule has 4 atom stereocenters. The Bertz CT molecular complexity index is 511. The van der Waals surface area contributed by atoms with Crippen molar-refractivity contribution in [3.63, 3.8) is 0 Å². The van der Waals surface area contributed by atoms with E-state index in [1.54, 1.807) is 20.8 Å². The highest BCUT2D eigenvalue weighted by Gasteiger charge is 2.69. The number of hydrogen-bond donors (Lipinski definition) is 0. The van der Waals surface area contributed by atoms with E-state index in [0.717, 1.165) is 19.3 Å². The van der Waals surface area contributed by atoms with E-state index in [1.807, 2.05) is 6.92 Å². The number of carbonyl (C=O) groups excluding carboxylic acids is 1. The van der Waals surface area contributed by atoms with E-state index in [9.17, 15) is 18.0 Å². The Balaban J connectivity index is 2.42. The molecule has 2 nitrogen and oxygen atoms in total. The summed E-state index contributed by atoms with van der Waals surface area (Å²) in [5.74, 6) is -0.403. The molecular weight excluding hydrogens is 329 g/mol. The summed E-state index contributed by atoms with van der Waals surface area (Å²) in [6.45, 7) is 11.5. The Morgan fingerprint density at radius 1 is 1.08 bits per heavy atom. The molecule has 4 unspecified atom stereocenters. The van der Waals surface area contributed by atoms with E-state index in [-0.39, 0.29) is 12.3 Å². The molecular formula is C20H33F3O2. The highest BCUT2D eigenvalue weighted by Crippen LogP contribution is 2.59. The number of carbonyl (C=O) groups is 1. The molecule has 0 saturated heterocycles. The molecule has 2 fully saturated rings. The third kappa shape index (κ3) is 3.57. The second-order valence-corrected chi connectivity index (χ2v) is 10.7. The van der Waals surface area contributed by atoms with Crippen molar-refractivity contribution in [2.75, 3.05) is 0 Å². The van der Waals surface area contributed by atoms with Crippen LogP contribution in [0, 0.1) is 28.1 Å². The third-order valence-electron chi connectivity index (χ3n) is 6.33. The van der Waals surface area contributed by atoms with Crippen molar-refractivity contribution in [2.24, 2.45) is 28.1 Å². The SMILES string of the molecule is CC(C)(C)CC(C(=O)OC1(C)CC2CCC1C2)(C(C)(C)C)C(F)(F)F. The average molecular weight is 362 g/mol. The molecule has 5 heteroatoms. The van der Waals surface area contributed by atoms with Crippen molar-refractivity contribution in [3.05, 3.63) is 0 Å². The summed E-state index contributed by atoms with van der Waals surface area (Å²) in [5.41, 5.74) is -5.20. The monoisotopic (exact) mass is 362 g/mol. The average Bonchev–Trinajstić information content (AvgIpc) is 2.90. The summed E-state index contributed by atoms with van der Waals surface area (Å²) >= 11 is 0. The molecule has 2 rings (SSSR count). The van der Waals surface area contributed by atoms with Gasteiger partial charge in [-0.05, 0) is 61.7 Å². The van der Waals surface area contributed by atoms with Crippen LogP contribution in [0.5, 0.6) is 0 Å². The first-order chi connectivity index (χ1) is 11.0. The molecule has 0 aliphatic heterocycles. The molecule has 0 radical (unpaired) electrons. The predicted octanol–water partition coefficient (Wildman–Crippen LogP) is 6.14. The molecule has 0 heterocycles. The lowest BCUT2D eigenvalue weighted by Crippen LogP contribution is -2.58. The van der Waals surface area contributed by atoms with Gasteiger partial charge in [-0.1, -0.05) is 41.5 Å². The number of fused-ring (bicyclic) bond motifs is 2. The summed E-state index contributed by atoms with van der Waals surface area (Å²) in [5, 5.41) is 0. The summed E-state index contributed by atoms with van der Waals surface area (Å²) in [6.07, 6.45) is -1.24. The number of rotatable bonds is 3. The fourth-order valence-corrected chi connectivity index (χ4v) is 5.06. The molecule has 0 amide bonds. The van der Waals surface area contributed by atoms with Crippen LogP contribution in [0.25, 0.3) is 0 Å². The highest BCUT2D eigenvalue weighted by atomic mass is 19.4. The zero-order chi connectivity index (χ0) is 19.5. The van der Waals surface area contributed by atoms with Crippen LogP contribution in [0.1, 0.15) is 80.6 Å². The van der Waals surface area contributed by atoms with E-state index in [2.05, 4.69) is 0 Å². The van der Waals surface area contributed by atoms with Crippen LogP contribution in [0.15, 0.2) is 0 Å². The van der Waals surface area contributed by atoms with Gasteiger partial charge in [0.1, 0.15) is 5.60 Å². The van der Waals surface area contributed by atoms with E-state index < -0.39 is 34.0 Å². The van der Waals surface area contributed by atoms with Crippen LogP contribution < -0.4 is 0 Å². The van der Waals surface area contributed by atoms with Gasteiger partial charge in [-0.2, -0.15) is 13.2 Å². The van der Waals surface area contributed by atoms with E-state index in [1.165, 1.54) is 20.8 Å². The van der Waals surface area contributed by atoms with Gasteiger partial charge in [-0.3, -0.25) is 4.79 Å². The van der Waals surface area contributed by atoms with Crippen LogP contribution in [-0.4, -0.2) is 17.7 Å². The first kappa shape index (κ1) is 20.6. The van der Waals surface area contributed by atoms with Gasteiger partial charge in [-0.15, -0.1) is 0 Å². The molecule has 0 spiro atoms. The van der Waals surface area contributed by atoms with Crippen molar-refractivity contribution in [3.8, 4) is 0 Å². The minimum atomic E-state index is -4.66. The number of alkyl halides is 3. The van der Waals surface area contributed by atoms with Crippen LogP contribution in [-0.2, 0) is 9.53 Å². The number of hydrogen-bond acceptors (Lipinski definition) is 2. The molecule has 0 N–H and O–H groups in total. The maximum Gasteiger partial charge on any atom is 0.405 e. The van der Waals surface area contributed by atoms with Gasteiger partial charge < -0.3 is 4.74 Å². The molecule has 2 aliphatic rings. The fraction of sp³-hybridized carbons (Fsp3) is 0.950. The third-order valence-corrected chi connectivity index (χ3v) is 6.33. The number of halogens is 3. The van der Waals surface area contributed by atoms with Gasteiger partial charge in [0.05, 0.1) is 0 Å². The van der Waals surface area contributed by atoms with Crippen molar-refractivity contribution in [2.45, 2.75) is 92.3 Å². The summed E-state index contributed by atoms with van der Waals surface area (Å²) < 4.78 is 48.8. The van der Waals surface area contributed by atoms with Crippen molar-refractivity contribution < 1.29 is 22.7 Å². The smallest absolute Gasteiger partial charge is 0.405 e. The molecule has 0 aromatic heterocycles. The highest BCUT2D eigenvalue weighted by molar-refractivity contribution is 5.79. The zero-order valence-corrected chi connectivity index (χ0v) is 16.6. The van der Waals surface area contributed by atoms with Crippen molar-refractivity contribution >= 4 is 5.97 Å². The molecule has 0 aromatic rings. The Morgan fingerprint density at radius 3 is 1.96 bits per heavy atom. The Kier molecular flexibility index (Phi) is 4.84. The number of esters is 1. The Labute approximate surface area is 149 Å². The molecule has 2 saturated carbocycles. The molecule has 2 bridgehead atoms. The summed E-state index contributed by atoms with van der Waals surface area (Å²) in [6, 6.07) is 0. The molecule has 2 aliphatic carbocycles. The maximum atomic E-state index is 14.3. The van der Waals surface area contributed by atoms with Crippen LogP contribution in [0.2, 0.25) is 0 Å². The van der Waals surface area contributed by atoms with Crippen LogP contribution >= 0.6 is 0 Å². The maximum absolute atomic E-state index is 14.3. The zero-order valence-electron chi connectivity index (χ0n) is 16.6. The summed E-state index contributed by atoms with van der Waals surface area (Å²) in [7, 11) is 0. The fourth-order valence-electron chi connectivity index (χ4n) is 5.06. The number of ether oxygens (including phenoxy) is 1. The molecule has 0 aromatic carbocycles.